The number of carbonyl (C=O) groups is 2. The maximum Gasteiger partial charge on any atom is 0.221 e. The van der Waals surface area contributed by atoms with E-state index in [-0.39, 0.29) is 5.91 Å². The summed E-state index contributed by atoms with van der Waals surface area (Å²) < 4.78 is 5.22. The summed E-state index contributed by atoms with van der Waals surface area (Å²) in [6, 6.07) is 0. The van der Waals surface area contributed by atoms with Gasteiger partial charge in [-0.2, -0.15) is 0 Å². The Bertz CT molecular complexity index is 499. The molecule has 238 valence electrons. The molecule has 0 aliphatic carbocycles. The first-order valence-electron chi connectivity index (χ1n) is 17.6. The largest absolute Gasteiger partial charge is 0.385 e. The summed E-state index contributed by atoms with van der Waals surface area (Å²) >= 11 is 0. The predicted molar refractivity (Wildman–Crippen MR) is 173 cm³/mol. The van der Waals surface area contributed by atoms with Crippen LogP contribution in [0.1, 0.15) is 174 Å². The molecule has 1 amide bonds. The Morgan fingerprint density at radius 2 is 0.975 bits per heavy atom. The Morgan fingerprint density at radius 1 is 0.525 bits per heavy atom. The molecule has 0 bridgehead atoms. The summed E-state index contributed by atoms with van der Waals surface area (Å²) in [5, 5.41) is 3.10. The minimum atomic E-state index is 0.139. The Kier molecular flexibility index (Phi) is 31.8. The number of rotatable bonds is 33. The van der Waals surface area contributed by atoms with Crippen LogP contribution in [0.3, 0.4) is 0 Å². The van der Waals surface area contributed by atoms with E-state index < -0.39 is 0 Å². The second-order valence-electron chi connectivity index (χ2n) is 12.0. The Morgan fingerprint density at radius 3 is 1.48 bits per heavy atom. The lowest BCUT2D eigenvalue weighted by molar-refractivity contribution is -0.121. The number of unbranched alkanes of at least 4 members (excludes halogenated alkanes) is 19. The lowest BCUT2D eigenvalue weighted by atomic mass is 10.0. The van der Waals surface area contributed by atoms with Crippen LogP contribution >= 0.6 is 0 Å². The van der Waals surface area contributed by atoms with E-state index in [1.807, 2.05) is 0 Å². The second kappa shape index (κ2) is 32.6. The molecule has 0 heterocycles. The van der Waals surface area contributed by atoms with Crippen molar-refractivity contribution in [2.75, 3.05) is 39.9 Å². The lowest BCUT2D eigenvalue weighted by Crippen LogP contribution is -2.33. The molecule has 1 N–H and O–H groups in total. The molecule has 40 heavy (non-hydrogen) atoms. The van der Waals surface area contributed by atoms with Crippen LogP contribution in [0.4, 0.5) is 0 Å². The van der Waals surface area contributed by atoms with Gasteiger partial charge in [0.2, 0.25) is 5.91 Å². The van der Waals surface area contributed by atoms with E-state index in [1.165, 1.54) is 122 Å². The van der Waals surface area contributed by atoms with Gasteiger partial charge in [-0.15, -0.1) is 0 Å². The molecule has 0 aromatic heterocycles. The molecule has 0 saturated carbocycles. The van der Waals surface area contributed by atoms with E-state index in [1.54, 1.807) is 7.11 Å². The van der Waals surface area contributed by atoms with Crippen molar-refractivity contribution in [1.82, 2.24) is 10.2 Å². The van der Waals surface area contributed by atoms with E-state index >= 15 is 0 Å². The molecule has 0 fully saturated rings. The van der Waals surface area contributed by atoms with E-state index in [4.69, 9.17) is 4.74 Å². The summed E-state index contributed by atoms with van der Waals surface area (Å²) in [4.78, 5) is 27.1. The molecular weight excluding hydrogens is 496 g/mol. The molecule has 0 aliphatic heterocycles. The third-order valence-electron chi connectivity index (χ3n) is 8.10. The van der Waals surface area contributed by atoms with Crippen LogP contribution in [0.25, 0.3) is 0 Å². The quantitative estimate of drug-likeness (QED) is 0.0804. The van der Waals surface area contributed by atoms with E-state index in [2.05, 4.69) is 24.1 Å². The van der Waals surface area contributed by atoms with E-state index in [0.29, 0.717) is 31.7 Å². The standard InChI is InChI=1S/C35H70N2O3/c1-4-6-8-10-12-14-16-17-19-21-23-26-34(38)27-31-37(30-25-33-40-3)32-28-35(39)36-29-24-22-20-18-15-13-11-9-7-5-2/h4-33H2,1-3H3,(H,36,39). The zero-order valence-corrected chi connectivity index (χ0v) is 27.4. The number of hydrogen-bond acceptors (Lipinski definition) is 4. The highest BCUT2D eigenvalue weighted by Gasteiger charge is 2.11. The van der Waals surface area contributed by atoms with Gasteiger partial charge < -0.3 is 15.0 Å². The SMILES string of the molecule is CCCCCCCCCCCCCC(=O)CCN(CCCOC)CCC(=O)NCCCCCCCCCCCC. The van der Waals surface area contributed by atoms with Crippen molar-refractivity contribution in [3.8, 4) is 0 Å². The van der Waals surface area contributed by atoms with Crippen LogP contribution in [-0.4, -0.2) is 56.5 Å². The number of hydrogen-bond donors (Lipinski definition) is 1. The van der Waals surface area contributed by atoms with Crippen LogP contribution in [0.15, 0.2) is 0 Å². The van der Waals surface area contributed by atoms with Gasteiger partial charge in [-0.3, -0.25) is 9.59 Å². The summed E-state index contributed by atoms with van der Waals surface area (Å²) in [5.41, 5.74) is 0. The maximum atomic E-state index is 12.5. The van der Waals surface area contributed by atoms with Gasteiger partial charge in [0, 0.05) is 59.2 Å². The molecule has 5 heteroatoms. The average Bonchev–Trinajstić information content (AvgIpc) is 2.95. The van der Waals surface area contributed by atoms with Crippen LogP contribution in [0.5, 0.6) is 0 Å². The summed E-state index contributed by atoms with van der Waals surface area (Å²) in [6.07, 6.45) is 30.3. The number of nitrogens with zero attached hydrogens (tertiary/aromatic N) is 1. The van der Waals surface area contributed by atoms with Crippen molar-refractivity contribution in [1.29, 1.82) is 0 Å². The van der Waals surface area contributed by atoms with Gasteiger partial charge in [0.15, 0.2) is 0 Å². The van der Waals surface area contributed by atoms with E-state index in [0.717, 1.165) is 45.4 Å². The van der Waals surface area contributed by atoms with E-state index in [9.17, 15) is 9.59 Å². The van der Waals surface area contributed by atoms with Gasteiger partial charge >= 0.3 is 0 Å². The first-order chi connectivity index (χ1) is 19.6. The third kappa shape index (κ3) is 30.0. The molecule has 0 aliphatic rings. The van der Waals surface area contributed by atoms with Gasteiger partial charge in [-0.25, -0.2) is 0 Å². The fourth-order valence-electron chi connectivity index (χ4n) is 5.35. The third-order valence-corrected chi connectivity index (χ3v) is 8.10. The number of nitrogens with one attached hydrogen (secondary N) is 1. The fourth-order valence-corrected chi connectivity index (χ4v) is 5.35. The van der Waals surface area contributed by atoms with Crippen LogP contribution < -0.4 is 5.32 Å². The van der Waals surface area contributed by atoms with Crippen LogP contribution in [-0.2, 0) is 14.3 Å². The molecule has 0 aromatic carbocycles. The van der Waals surface area contributed by atoms with Crippen molar-refractivity contribution < 1.29 is 14.3 Å². The minimum Gasteiger partial charge on any atom is -0.385 e. The zero-order valence-electron chi connectivity index (χ0n) is 27.4. The molecule has 0 radical (unpaired) electrons. The topological polar surface area (TPSA) is 58.6 Å². The van der Waals surface area contributed by atoms with Crippen LogP contribution in [0, 0.1) is 0 Å². The van der Waals surface area contributed by atoms with Gasteiger partial charge in [-0.1, -0.05) is 136 Å². The van der Waals surface area contributed by atoms with Crippen molar-refractivity contribution >= 4 is 11.7 Å². The number of ketones is 1. The number of ether oxygens (including phenoxy) is 1. The maximum absolute atomic E-state index is 12.5. The number of amides is 1. The van der Waals surface area contributed by atoms with Crippen molar-refractivity contribution in [3.63, 3.8) is 0 Å². The van der Waals surface area contributed by atoms with Crippen molar-refractivity contribution in [2.45, 2.75) is 174 Å². The first kappa shape index (κ1) is 39.1. The lowest BCUT2D eigenvalue weighted by Gasteiger charge is -2.21. The minimum absolute atomic E-state index is 0.139. The molecule has 0 saturated heterocycles. The highest BCUT2D eigenvalue weighted by atomic mass is 16.5. The van der Waals surface area contributed by atoms with Crippen LogP contribution in [0.2, 0.25) is 0 Å². The molecule has 0 rings (SSSR count). The molecule has 0 aromatic rings. The summed E-state index contributed by atoms with van der Waals surface area (Å²) in [7, 11) is 1.72. The zero-order chi connectivity index (χ0) is 29.4. The second-order valence-corrected chi connectivity index (χ2v) is 12.0. The van der Waals surface area contributed by atoms with Crippen molar-refractivity contribution in [3.05, 3.63) is 0 Å². The number of carbonyl (C=O) groups excluding carboxylic acids is 2. The smallest absolute Gasteiger partial charge is 0.221 e. The molecule has 0 spiro atoms. The molecule has 0 unspecified atom stereocenters. The molecule has 0 atom stereocenters. The van der Waals surface area contributed by atoms with Gasteiger partial charge in [-0.05, 0) is 19.3 Å². The normalized spacial score (nSPS) is 11.4. The Balaban J connectivity index is 3.85. The van der Waals surface area contributed by atoms with Gasteiger partial charge in [0.05, 0.1) is 0 Å². The van der Waals surface area contributed by atoms with Crippen molar-refractivity contribution in [2.24, 2.45) is 0 Å². The number of methoxy groups -OCH3 is 1. The average molecular weight is 567 g/mol. The predicted octanol–water partition coefficient (Wildman–Crippen LogP) is 9.41. The van der Waals surface area contributed by atoms with Gasteiger partial charge in [0.1, 0.15) is 5.78 Å². The highest BCUT2D eigenvalue weighted by Crippen LogP contribution is 2.13. The fraction of sp³-hybridized carbons (Fsp3) is 0.943. The monoisotopic (exact) mass is 567 g/mol. The highest BCUT2D eigenvalue weighted by molar-refractivity contribution is 5.78. The number of Topliss-reactive ketones (excluding diaryl/α,β-unsaturated/α-hetero) is 1. The van der Waals surface area contributed by atoms with Gasteiger partial charge in [0.25, 0.3) is 0 Å². The Labute approximate surface area is 250 Å². The molecule has 5 nitrogen and oxygen atoms in total. The molecular formula is C35H70N2O3. The Hall–Kier alpha value is -0.940. The summed E-state index contributed by atoms with van der Waals surface area (Å²) in [5.74, 6) is 0.512. The summed E-state index contributed by atoms with van der Waals surface area (Å²) in [6.45, 7) is 8.40. The first-order valence-corrected chi connectivity index (χ1v) is 17.6.